The number of nitrogens with one attached hydrogen (secondary N) is 4. The van der Waals surface area contributed by atoms with Crippen LogP contribution in [0.5, 0.6) is 0 Å². The van der Waals surface area contributed by atoms with E-state index in [0.717, 1.165) is 33.4 Å². The van der Waals surface area contributed by atoms with E-state index in [1.165, 1.54) is 0 Å². The van der Waals surface area contributed by atoms with E-state index < -0.39 is 6.04 Å². The van der Waals surface area contributed by atoms with Crippen LogP contribution in [0.4, 0.5) is 17.2 Å². The first-order valence-corrected chi connectivity index (χ1v) is 10.5. The summed E-state index contributed by atoms with van der Waals surface area (Å²) in [6.07, 6.45) is 7.35. The Bertz CT molecular complexity index is 1320. The molecule has 2 aromatic carbocycles. The van der Waals surface area contributed by atoms with Gasteiger partial charge < -0.3 is 16.0 Å². The van der Waals surface area contributed by atoms with E-state index in [-0.39, 0.29) is 11.9 Å². The van der Waals surface area contributed by atoms with Gasteiger partial charge in [0.2, 0.25) is 5.91 Å². The predicted octanol–water partition coefficient (Wildman–Crippen LogP) is 4.10. The van der Waals surface area contributed by atoms with Crippen molar-refractivity contribution < 1.29 is 4.79 Å². The number of anilines is 3. The zero-order valence-electron chi connectivity index (χ0n) is 17.8. The Labute approximate surface area is 185 Å². The van der Waals surface area contributed by atoms with Crippen molar-refractivity contribution in [2.45, 2.75) is 25.9 Å². The molecule has 0 fully saturated rings. The molecule has 1 unspecified atom stereocenters. The second-order valence-corrected chi connectivity index (χ2v) is 8.01. The number of H-pyrrole nitrogens is 1. The summed E-state index contributed by atoms with van der Waals surface area (Å²) in [6.45, 7) is 3.89. The van der Waals surface area contributed by atoms with Crippen LogP contribution in [0.1, 0.15) is 19.4 Å². The van der Waals surface area contributed by atoms with Crippen molar-refractivity contribution in [2.24, 2.45) is 0 Å². The number of aromatic amines is 1. The van der Waals surface area contributed by atoms with Gasteiger partial charge in [-0.25, -0.2) is 9.97 Å². The standard InChI is InChI=1S/C24H23N7O/c1-14(2)27-24(32)20-7-5-15-3-4-16(12-21(15)29-20)23-25-10-9-22(30-23)28-18-6-8-19-17(11-18)13-26-31-19/h3-14,20,29H,1-2H3,(H,26,31)(H,27,32)(H,25,28,30). The van der Waals surface area contributed by atoms with Gasteiger partial charge in [-0.3, -0.25) is 9.89 Å². The molecule has 2 aromatic heterocycles. The van der Waals surface area contributed by atoms with Gasteiger partial charge in [-0.15, -0.1) is 0 Å². The topological polar surface area (TPSA) is 108 Å². The highest BCUT2D eigenvalue weighted by molar-refractivity contribution is 5.91. The SMILES string of the molecule is CC(C)NC(=O)C1C=Cc2ccc(-c3nccc(Nc4ccc5[nH]ncc5c4)n3)cc2N1. The Hall–Kier alpha value is -4.20. The summed E-state index contributed by atoms with van der Waals surface area (Å²) in [5.74, 6) is 1.24. The fraction of sp³-hybridized carbons (Fsp3) is 0.167. The molecular formula is C24H23N7O. The number of amides is 1. The summed E-state index contributed by atoms with van der Waals surface area (Å²) in [7, 11) is 0. The van der Waals surface area contributed by atoms with Gasteiger partial charge in [-0.1, -0.05) is 24.3 Å². The molecule has 0 saturated carbocycles. The number of hydrogen-bond donors (Lipinski definition) is 4. The van der Waals surface area contributed by atoms with Gasteiger partial charge in [-0.05, 0) is 49.7 Å². The van der Waals surface area contributed by atoms with Gasteiger partial charge in [0.25, 0.3) is 0 Å². The van der Waals surface area contributed by atoms with Gasteiger partial charge in [0, 0.05) is 34.6 Å². The fourth-order valence-corrected chi connectivity index (χ4v) is 3.64. The van der Waals surface area contributed by atoms with Gasteiger partial charge in [-0.2, -0.15) is 5.10 Å². The molecule has 1 aliphatic heterocycles. The summed E-state index contributed by atoms with van der Waals surface area (Å²) in [5.41, 5.74) is 4.66. The number of benzene rings is 2. The summed E-state index contributed by atoms with van der Waals surface area (Å²) < 4.78 is 0. The molecule has 4 N–H and O–H groups in total. The van der Waals surface area contributed by atoms with Crippen LogP contribution in [-0.4, -0.2) is 38.2 Å². The number of fused-ring (bicyclic) bond motifs is 2. The van der Waals surface area contributed by atoms with Crippen LogP contribution < -0.4 is 16.0 Å². The third kappa shape index (κ3) is 4.02. The monoisotopic (exact) mass is 425 g/mol. The lowest BCUT2D eigenvalue weighted by Crippen LogP contribution is -2.42. The summed E-state index contributed by atoms with van der Waals surface area (Å²) in [6, 6.07) is 13.4. The first-order valence-electron chi connectivity index (χ1n) is 10.5. The molecule has 0 saturated heterocycles. The molecule has 1 amide bonds. The normalized spacial score (nSPS) is 14.8. The molecule has 0 bridgehead atoms. The second-order valence-electron chi connectivity index (χ2n) is 8.01. The molecule has 3 heterocycles. The largest absolute Gasteiger partial charge is 0.370 e. The molecule has 160 valence electrons. The summed E-state index contributed by atoms with van der Waals surface area (Å²) >= 11 is 0. The van der Waals surface area contributed by atoms with Crippen molar-refractivity contribution in [2.75, 3.05) is 10.6 Å². The molecule has 32 heavy (non-hydrogen) atoms. The maximum absolute atomic E-state index is 12.4. The molecule has 8 heteroatoms. The highest BCUT2D eigenvalue weighted by atomic mass is 16.2. The maximum atomic E-state index is 12.4. The fourth-order valence-electron chi connectivity index (χ4n) is 3.64. The van der Waals surface area contributed by atoms with Crippen LogP contribution in [0.2, 0.25) is 0 Å². The average molecular weight is 425 g/mol. The van der Waals surface area contributed by atoms with Crippen molar-refractivity contribution in [3.05, 3.63) is 66.5 Å². The van der Waals surface area contributed by atoms with Crippen molar-refractivity contribution in [3.8, 4) is 11.4 Å². The first-order chi connectivity index (χ1) is 15.5. The molecular weight excluding hydrogens is 402 g/mol. The Morgan fingerprint density at radius 2 is 2.03 bits per heavy atom. The molecule has 8 nitrogen and oxygen atoms in total. The minimum atomic E-state index is -0.410. The van der Waals surface area contributed by atoms with Crippen LogP contribution in [0.3, 0.4) is 0 Å². The van der Waals surface area contributed by atoms with Crippen LogP contribution >= 0.6 is 0 Å². The van der Waals surface area contributed by atoms with Crippen molar-refractivity contribution in [1.82, 2.24) is 25.5 Å². The van der Waals surface area contributed by atoms with E-state index >= 15 is 0 Å². The lowest BCUT2D eigenvalue weighted by Gasteiger charge is -2.23. The van der Waals surface area contributed by atoms with E-state index in [0.29, 0.717) is 11.6 Å². The number of carbonyl (C=O) groups is 1. The number of nitrogens with zero attached hydrogens (tertiary/aromatic N) is 3. The lowest BCUT2D eigenvalue weighted by atomic mass is 10.0. The van der Waals surface area contributed by atoms with Gasteiger partial charge in [0.05, 0.1) is 11.7 Å². The zero-order chi connectivity index (χ0) is 22.1. The van der Waals surface area contributed by atoms with Gasteiger partial charge in [0.1, 0.15) is 11.9 Å². The average Bonchev–Trinajstić information content (AvgIpc) is 3.26. The van der Waals surface area contributed by atoms with Crippen molar-refractivity contribution in [3.63, 3.8) is 0 Å². The molecule has 1 aliphatic rings. The number of carbonyl (C=O) groups excluding carboxylic acids is 1. The van der Waals surface area contributed by atoms with E-state index in [9.17, 15) is 4.79 Å². The highest BCUT2D eigenvalue weighted by Crippen LogP contribution is 2.29. The smallest absolute Gasteiger partial charge is 0.246 e. The van der Waals surface area contributed by atoms with E-state index in [2.05, 4.69) is 36.1 Å². The first kappa shape index (κ1) is 19.7. The van der Waals surface area contributed by atoms with Gasteiger partial charge >= 0.3 is 0 Å². The third-order valence-electron chi connectivity index (χ3n) is 5.17. The number of rotatable bonds is 5. The van der Waals surface area contributed by atoms with Crippen LogP contribution in [0.25, 0.3) is 28.4 Å². The molecule has 0 spiro atoms. The molecule has 0 aliphatic carbocycles. The Balaban J connectivity index is 1.38. The Morgan fingerprint density at radius 3 is 2.91 bits per heavy atom. The molecule has 4 aromatic rings. The predicted molar refractivity (Wildman–Crippen MR) is 127 cm³/mol. The summed E-state index contributed by atoms with van der Waals surface area (Å²) in [5, 5.41) is 17.6. The second kappa shape index (κ2) is 8.14. The van der Waals surface area contributed by atoms with Crippen LogP contribution in [0, 0.1) is 0 Å². The quantitative estimate of drug-likeness (QED) is 0.384. The van der Waals surface area contributed by atoms with E-state index in [1.807, 2.05) is 68.5 Å². The Kier molecular flexibility index (Phi) is 5.03. The summed E-state index contributed by atoms with van der Waals surface area (Å²) in [4.78, 5) is 21.5. The van der Waals surface area contributed by atoms with Crippen molar-refractivity contribution in [1.29, 1.82) is 0 Å². The third-order valence-corrected chi connectivity index (χ3v) is 5.17. The van der Waals surface area contributed by atoms with Crippen LogP contribution in [0.15, 0.2) is 60.9 Å². The van der Waals surface area contributed by atoms with E-state index in [1.54, 1.807) is 12.4 Å². The minimum absolute atomic E-state index is 0.0515. The number of aromatic nitrogens is 4. The molecule has 0 radical (unpaired) electrons. The zero-order valence-corrected chi connectivity index (χ0v) is 17.8. The Morgan fingerprint density at radius 1 is 1.12 bits per heavy atom. The number of hydrogen-bond acceptors (Lipinski definition) is 6. The van der Waals surface area contributed by atoms with Crippen LogP contribution in [-0.2, 0) is 4.79 Å². The molecule has 1 atom stereocenters. The van der Waals surface area contributed by atoms with E-state index in [4.69, 9.17) is 0 Å². The molecule has 5 rings (SSSR count). The lowest BCUT2D eigenvalue weighted by molar-refractivity contribution is -0.121. The van der Waals surface area contributed by atoms with Crippen molar-refractivity contribution >= 4 is 40.1 Å². The maximum Gasteiger partial charge on any atom is 0.246 e. The highest BCUT2D eigenvalue weighted by Gasteiger charge is 2.20. The van der Waals surface area contributed by atoms with Gasteiger partial charge in [0.15, 0.2) is 5.82 Å². The minimum Gasteiger partial charge on any atom is -0.370 e.